The normalized spacial score (nSPS) is 12.3. The zero-order valence-corrected chi connectivity index (χ0v) is 19.3. The summed E-state index contributed by atoms with van der Waals surface area (Å²) >= 11 is 6.92. The van der Waals surface area contributed by atoms with Crippen molar-refractivity contribution in [1.29, 1.82) is 0 Å². The Kier molecular flexibility index (Phi) is 6.96. The SMILES string of the molecule is COc1ccccc1-c1nc(C(F)(F)F)nn1-c1cc(SCC(F)(F)F)c(Br)cc1Br. The summed E-state index contributed by atoms with van der Waals surface area (Å²) in [4.78, 5) is 3.81. The summed E-state index contributed by atoms with van der Waals surface area (Å²) in [6.07, 6.45) is -9.26. The molecule has 0 aliphatic carbocycles. The summed E-state index contributed by atoms with van der Waals surface area (Å²) in [6.45, 7) is 0. The number of thioether (sulfide) groups is 1. The third kappa shape index (κ3) is 5.55. The lowest BCUT2D eigenvalue weighted by Crippen LogP contribution is -2.11. The molecular weight excluding hydrogens is 580 g/mol. The molecule has 0 unspecified atom stereocenters. The van der Waals surface area contributed by atoms with Gasteiger partial charge in [-0.2, -0.15) is 26.3 Å². The molecule has 0 radical (unpaired) electrons. The van der Waals surface area contributed by atoms with Crippen molar-refractivity contribution in [3.05, 3.63) is 51.2 Å². The fourth-order valence-corrected chi connectivity index (χ4v) is 4.77. The fraction of sp³-hybridized carbons (Fsp3) is 0.222. The summed E-state index contributed by atoms with van der Waals surface area (Å²) in [6, 6.07) is 9.02. The smallest absolute Gasteiger partial charge is 0.453 e. The highest BCUT2D eigenvalue weighted by Crippen LogP contribution is 2.40. The highest BCUT2D eigenvalue weighted by atomic mass is 79.9. The van der Waals surface area contributed by atoms with Crippen LogP contribution in [-0.4, -0.2) is 33.8 Å². The van der Waals surface area contributed by atoms with Gasteiger partial charge in [-0.05, 0) is 56.1 Å². The number of methoxy groups -OCH3 is 1. The topological polar surface area (TPSA) is 39.9 Å². The second kappa shape index (κ2) is 9.02. The molecule has 0 spiro atoms. The number of hydrogen-bond donors (Lipinski definition) is 0. The Labute approximate surface area is 193 Å². The molecule has 3 aromatic rings. The van der Waals surface area contributed by atoms with Gasteiger partial charge in [0.2, 0.25) is 0 Å². The molecule has 166 valence electrons. The molecule has 13 heteroatoms. The molecule has 0 aliphatic rings. The maximum atomic E-state index is 13.4. The van der Waals surface area contributed by atoms with Crippen molar-refractivity contribution in [3.63, 3.8) is 0 Å². The van der Waals surface area contributed by atoms with E-state index in [1.54, 1.807) is 18.2 Å². The summed E-state index contributed by atoms with van der Waals surface area (Å²) in [5.41, 5.74) is 0.309. The second-order valence-corrected chi connectivity index (χ2v) is 8.73. The number of para-hydroxylation sites is 1. The fourth-order valence-electron chi connectivity index (χ4n) is 2.55. The van der Waals surface area contributed by atoms with Gasteiger partial charge in [0.25, 0.3) is 5.82 Å². The monoisotopic (exact) mass is 589 g/mol. The molecule has 1 aromatic heterocycles. The number of benzene rings is 2. The van der Waals surface area contributed by atoms with Crippen molar-refractivity contribution in [3.8, 4) is 22.8 Å². The lowest BCUT2D eigenvalue weighted by molar-refractivity contribution is -0.144. The van der Waals surface area contributed by atoms with Gasteiger partial charge in [-0.3, -0.25) is 0 Å². The number of aromatic nitrogens is 3. The van der Waals surface area contributed by atoms with Gasteiger partial charge in [0.15, 0.2) is 5.82 Å². The van der Waals surface area contributed by atoms with Crippen LogP contribution in [0.4, 0.5) is 26.3 Å². The van der Waals surface area contributed by atoms with Crippen LogP contribution < -0.4 is 4.74 Å². The van der Waals surface area contributed by atoms with E-state index in [9.17, 15) is 26.3 Å². The summed E-state index contributed by atoms with van der Waals surface area (Å²) in [5.74, 6) is -2.49. The molecule has 0 fully saturated rings. The highest BCUT2D eigenvalue weighted by Gasteiger charge is 2.38. The van der Waals surface area contributed by atoms with Gasteiger partial charge in [-0.25, -0.2) is 9.67 Å². The highest BCUT2D eigenvalue weighted by molar-refractivity contribution is 9.11. The number of halogens is 8. The van der Waals surface area contributed by atoms with Gasteiger partial charge < -0.3 is 4.74 Å². The molecule has 3 rings (SSSR count). The van der Waals surface area contributed by atoms with Crippen LogP contribution in [0.5, 0.6) is 5.75 Å². The van der Waals surface area contributed by atoms with Crippen LogP contribution in [0.1, 0.15) is 5.82 Å². The van der Waals surface area contributed by atoms with Gasteiger partial charge in [0, 0.05) is 13.8 Å². The van der Waals surface area contributed by atoms with Crippen molar-refractivity contribution in [1.82, 2.24) is 14.8 Å². The number of rotatable bonds is 5. The van der Waals surface area contributed by atoms with Crippen LogP contribution in [0.15, 0.2) is 50.2 Å². The van der Waals surface area contributed by atoms with Gasteiger partial charge in [-0.1, -0.05) is 12.1 Å². The number of alkyl halides is 6. The van der Waals surface area contributed by atoms with Crippen LogP contribution in [-0.2, 0) is 6.18 Å². The zero-order chi connectivity index (χ0) is 23.0. The molecule has 0 aliphatic heterocycles. The Morgan fingerprint density at radius 3 is 2.32 bits per heavy atom. The molecule has 0 N–H and O–H groups in total. The van der Waals surface area contributed by atoms with Crippen molar-refractivity contribution < 1.29 is 31.1 Å². The Morgan fingerprint density at radius 1 is 1.03 bits per heavy atom. The van der Waals surface area contributed by atoms with Gasteiger partial charge in [-0.15, -0.1) is 16.9 Å². The van der Waals surface area contributed by atoms with Crippen molar-refractivity contribution in [2.24, 2.45) is 0 Å². The number of nitrogens with zero attached hydrogens (tertiary/aromatic N) is 3. The second-order valence-electron chi connectivity index (χ2n) is 6.01. The van der Waals surface area contributed by atoms with E-state index in [2.05, 4.69) is 41.9 Å². The Hall–Kier alpha value is -1.73. The van der Waals surface area contributed by atoms with Crippen LogP contribution in [0, 0.1) is 0 Å². The average molecular weight is 591 g/mol. The van der Waals surface area contributed by atoms with Gasteiger partial charge in [0.1, 0.15) is 5.75 Å². The maximum absolute atomic E-state index is 13.4. The maximum Gasteiger partial charge on any atom is 0.453 e. The third-order valence-corrected chi connectivity index (χ3v) is 6.50. The minimum atomic E-state index is -4.84. The van der Waals surface area contributed by atoms with E-state index in [1.165, 1.54) is 25.3 Å². The van der Waals surface area contributed by atoms with Crippen LogP contribution in [0.3, 0.4) is 0 Å². The average Bonchev–Trinajstić information content (AvgIpc) is 3.12. The molecule has 0 bridgehead atoms. The van der Waals surface area contributed by atoms with Crippen LogP contribution >= 0.6 is 43.6 Å². The minimum absolute atomic E-state index is 0.0804. The number of hydrogen-bond acceptors (Lipinski definition) is 4. The first-order chi connectivity index (χ1) is 14.4. The molecule has 0 saturated carbocycles. The van der Waals surface area contributed by atoms with Crippen LogP contribution in [0.25, 0.3) is 17.1 Å². The van der Waals surface area contributed by atoms with E-state index < -0.39 is 23.9 Å². The molecule has 2 aromatic carbocycles. The van der Waals surface area contributed by atoms with Crippen molar-refractivity contribution in [2.45, 2.75) is 17.2 Å². The molecule has 4 nitrogen and oxygen atoms in total. The van der Waals surface area contributed by atoms with E-state index in [1.807, 2.05) is 0 Å². The molecule has 0 saturated heterocycles. The first-order valence-corrected chi connectivity index (χ1v) is 10.8. The van der Waals surface area contributed by atoms with E-state index in [4.69, 9.17) is 4.74 Å². The predicted octanol–water partition coefficient (Wildman–Crippen LogP) is 7.14. The first-order valence-electron chi connectivity index (χ1n) is 8.27. The predicted molar refractivity (Wildman–Crippen MR) is 111 cm³/mol. The van der Waals surface area contributed by atoms with Gasteiger partial charge >= 0.3 is 12.4 Å². The standard InChI is InChI=1S/C18H11Br2F6N3OS/c1-30-13-5-3-2-4-9(13)15-27-16(18(24,25)26)28-29(15)12-7-14(11(20)6-10(12)19)31-8-17(21,22)23/h2-7H,8H2,1H3. The lowest BCUT2D eigenvalue weighted by atomic mass is 10.2. The Morgan fingerprint density at radius 2 is 1.71 bits per heavy atom. The zero-order valence-electron chi connectivity index (χ0n) is 15.4. The van der Waals surface area contributed by atoms with Crippen molar-refractivity contribution in [2.75, 3.05) is 12.9 Å². The van der Waals surface area contributed by atoms with E-state index >= 15 is 0 Å². The Bertz CT molecular complexity index is 1100. The van der Waals surface area contributed by atoms with Crippen molar-refractivity contribution >= 4 is 43.6 Å². The summed E-state index contributed by atoms with van der Waals surface area (Å²) in [7, 11) is 1.35. The lowest BCUT2D eigenvalue weighted by Gasteiger charge is -2.14. The molecule has 1 heterocycles. The Balaban J connectivity index is 2.21. The molecule has 31 heavy (non-hydrogen) atoms. The first kappa shape index (κ1) is 23.9. The molecular formula is C18H11Br2F6N3OS. The van der Waals surface area contributed by atoms with E-state index in [0.717, 1.165) is 4.68 Å². The van der Waals surface area contributed by atoms with E-state index in [0.29, 0.717) is 20.7 Å². The van der Waals surface area contributed by atoms with Crippen LogP contribution in [0.2, 0.25) is 0 Å². The summed E-state index contributed by atoms with van der Waals surface area (Å²) < 4.78 is 84.9. The van der Waals surface area contributed by atoms with E-state index in [-0.39, 0.29) is 27.7 Å². The number of ether oxygens (including phenoxy) is 1. The molecule has 0 atom stereocenters. The third-order valence-electron chi connectivity index (χ3n) is 3.83. The van der Waals surface area contributed by atoms with Gasteiger partial charge in [0.05, 0.1) is 24.1 Å². The summed E-state index contributed by atoms with van der Waals surface area (Å²) in [5, 5.41) is 3.59. The quantitative estimate of drug-likeness (QED) is 0.234. The largest absolute Gasteiger partial charge is 0.496 e. The minimum Gasteiger partial charge on any atom is -0.496 e. The molecule has 0 amide bonds.